The fourth-order valence-corrected chi connectivity index (χ4v) is 5.24. The number of anilines is 1. The molecule has 0 radical (unpaired) electrons. The summed E-state index contributed by atoms with van der Waals surface area (Å²) >= 11 is 0. The molecule has 3 aromatic carbocycles. The lowest BCUT2D eigenvalue weighted by molar-refractivity contribution is -0.137. The average molecular weight is 629 g/mol. The van der Waals surface area contributed by atoms with Crippen LogP contribution in [0.2, 0.25) is 0 Å². The molecule has 0 spiro atoms. The van der Waals surface area contributed by atoms with Crippen LogP contribution < -0.4 is 16.2 Å². The van der Waals surface area contributed by atoms with Gasteiger partial charge in [0.25, 0.3) is 11.8 Å². The van der Waals surface area contributed by atoms with Crippen LogP contribution in [0.1, 0.15) is 40.9 Å². The third-order valence-electron chi connectivity index (χ3n) is 7.90. The lowest BCUT2D eigenvalue weighted by atomic mass is 9.83. The van der Waals surface area contributed by atoms with Gasteiger partial charge in [-0.3, -0.25) is 14.4 Å². The van der Waals surface area contributed by atoms with Crippen molar-refractivity contribution in [2.45, 2.75) is 32.0 Å². The van der Waals surface area contributed by atoms with Gasteiger partial charge < -0.3 is 14.2 Å². The Balaban J connectivity index is 1.60. The van der Waals surface area contributed by atoms with Crippen molar-refractivity contribution in [2.75, 3.05) is 31.2 Å². The standard InChI is InChI=1S/C32H29F5N4O4/c1-31(2,20-7-9-22(33)10-8-20)30(44)41(38)29(43)24-18-40(17-19-3-5-21(6-4-19)32(35,36)37)26-16-27(39-11-13-45-14-12-39)25(34)15-23(26)28(24)42/h3-10,15-16,18H,11-14,17,38H2,1-2H3. The zero-order valence-corrected chi connectivity index (χ0v) is 24.3. The van der Waals surface area contributed by atoms with Gasteiger partial charge in [-0.05, 0) is 61.4 Å². The van der Waals surface area contributed by atoms with Crippen molar-refractivity contribution in [1.82, 2.24) is 9.58 Å². The highest BCUT2D eigenvalue weighted by atomic mass is 19.4. The smallest absolute Gasteiger partial charge is 0.378 e. The van der Waals surface area contributed by atoms with E-state index in [-0.39, 0.29) is 28.1 Å². The summed E-state index contributed by atoms with van der Waals surface area (Å²) in [4.78, 5) is 42.4. The van der Waals surface area contributed by atoms with E-state index in [0.717, 1.165) is 36.5 Å². The largest absolute Gasteiger partial charge is 0.416 e. The maximum absolute atomic E-state index is 15.5. The molecule has 0 atom stereocenters. The van der Waals surface area contributed by atoms with E-state index in [2.05, 4.69) is 0 Å². The van der Waals surface area contributed by atoms with Crippen LogP contribution in [0.5, 0.6) is 0 Å². The lowest BCUT2D eigenvalue weighted by Crippen LogP contribution is -2.51. The monoisotopic (exact) mass is 628 g/mol. The van der Waals surface area contributed by atoms with Crippen molar-refractivity contribution in [3.63, 3.8) is 0 Å². The van der Waals surface area contributed by atoms with Gasteiger partial charge in [0.1, 0.15) is 17.2 Å². The second-order valence-electron chi connectivity index (χ2n) is 11.2. The first kappa shape index (κ1) is 31.8. The van der Waals surface area contributed by atoms with E-state index in [1.54, 1.807) is 4.90 Å². The van der Waals surface area contributed by atoms with E-state index < -0.39 is 51.6 Å². The molecule has 1 fully saturated rings. The maximum Gasteiger partial charge on any atom is 0.416 e. The molecule has 45 heavy (non-hydrogen) atoms. The van der Waals surface area contributed by atoms with Crippen LogP contribution in [0.25, 0.3) is 10.9 Å². The molecule has 1 aromatic heterocycles. The van der Waals surface area contributed by atoms with Crippen molar-refractivity contribution < 1.29 is 36.3 Å². The quantitative estimate of drug-likeness (QED) is 0.140. The normalized spacial score (nSPS) is 14.1. The molecule has 1 aliphatic rings. The molecule has 13 heteroatoms. The van der Waals surface area contributed by atoms with Gasteiger partial charge in [0, 0.05) is 31.2 Å². The molecule has 0 unspecified atom stereocenters. The van der Waals surface area contributed by atoms with Crippen molar-refractivity contribution in [3.8, 4) is 0 Å². The topological polar surface area (TPSA) is 97.9 Å². The number of amides is 2. The Hall–Kier alpha value is -4.62. The number of alkyl halides is 3. The number of hydrogen-bond donors (Lipinski definition) is 1. The van der Waals surface area contributed by atoms with E-state index in [1.165, 1.54) is 48.7 Å². The summed E-state index contributed by atoms with van der Waals surface area (Å²) in [5.41, 5.74) is -2.58. The molecule has 1 aliphatic heterocycles. The number of ether oxygens (including phenoxy) is 1. The number of nitrogens with zero attached hydrogens (tertiary/aromatic N) is 3. The van der Waals surface area contributed by atoms with Crippen molar-refractivity contribution in [3.05, 3.63) is 111 Å². The number of morpholine rings is 1. The number of pyridine rings is 1. The van der Waals surface area contributed by atoms with Gasteiger partial charge in [0.15, 0.2) is 0 Å². The first-order valence-corrected chi connectivity index (χ1v) is 13.9. The number of imide groups is 1. The van der Waals surface area contributed by atoms with Crippen LogP contribution in [0.15, 0.2) is 71.7 Å². The highest BCUT2D eigenvalue weighted by Gasteiger charge is 2.37. The molecule has 5 rings (SSSR count). The Morgan fingerprint density at radius 2 is 1.53 bits per heavy atom. The predicted octanol–water partition coefficient (Wildman–Crippen LogP) is 5.00. The van der Waals surface area contributed by atoms with Gasteiger partial charge in [-0.25, -0.2) is 19.6 Å². The van der Waals surface area contributed by atoms with Crippen LogP contribution in [0.3, 0.4) is 0 Å². The van der Waals surface area contributed by atoms with Gasteiger partial charge in [-0.1, -0.05) is 24.3 Å². The number of hydrogen-bond acceptors (Lipinski definition) is 6. The number of carbonyl (C=O) groups excluding carboxylic acids is 2. The summed E-state index contributed by atoms with van der Waals surface area (Å²) in [6.45, 7) is 4.33. The van der Waals surface area contributed by atoms with E-state index in [1.807, 2.05) is 0 Å². The maximum atomic E-state index is 15.5. The molecule has 236 valence electrons. The molecule has 8 nitrogen and oxygen atoms in total. The van der Waals surface area contributed by atoms with E-state index in [9.17, 15) is 31.9 Å². The summed E-state index contributed by atoms with van der Waals surface area (Å²) in [5, 5.41) is 0.0910. The fourth-order valence-electron chi connectivity index (χ4n) is 5.24. The van der Waals surface area contributed by atoms with Crippen molar-refractivity contribution in [1.29, 1.82) is 0 Å². The van der Waals surface area contributed by atoms with Crippen LogP contribution >= 0.6 is 0 Å². The zero-order chi connectivity index (χ0) is 32.7. The molecule has 0 saturated carbocycles. The molecular weight excluding hydrogens is 599 g/mol. The Morgan fingerprint density at radius 1 is 0.933 bits per heavy atom. The lowest BCUT2D eigenvalue weighted by Gasteiger charge is -2.30. The third kappa shape index (κ3) is 6.31. The third-order valence-corrected chi connectivity index (χ3v) is 7.90. The molecule has 1 saturated heterocycles. The van der Waals surface area contributed by atoms with Crippen LogP contribution in [-0.4, -0.2) is 47.7 Å². The summed E-state index contributed by atoms with van der Waals surface area (Å²) in [6, 6.07) is 11.8. The summed E-state index contributed by atoms with van der Waals surface area (Å²) in [6.07, 6.45) is -3.39. The van der Waals surface area contributed by atoms with Gasteiger partial charge in [-0.15, -0.1) is 0 Å². The number of hydrazine groups is 1. The molecular formula is C32H29F5N4O4. The van der Waals surface area contributed by atoms with E-state index in [0.29, 0.717) is 37.4 Å². The Kier molecular flexibility index (Phi) is 8.51. The molecule has 2 amide bonds. The number of halogens is 5. The van der Waals surface area contributed by atoms with Gasteiger partial charge in [0.05, 0.1) is 35.4 Å². The molecule has 4 aromatic rings. The van der Waals surface area contributed by atoms with Crippen LogP contribution in [0.4, 0.5) is 27.6 Å². The number of fused-ring (bicyclic) bond motifs is 1. The highest BCUT2D eigenvalue weighted by molar-refractivity contribution is 6.08. The minimum atomic E-state index is -4.55. The predicted molar refractivity (Wildman–Crippen MR) is 157 cm³/mol. The number of carbonyl (C=O) groups is 2. The van der Waals surface area contributed by atoms with Gasteiger partial charge in [0.2, 0.25) is 5.43 Å². The van der Waals surface area contributed by atoms with Crippen LogP contribution in [-0.2, 0) is 27.7 Å². The highest BCUT2D eigenvalue weighted by Crippen LogP contribution is 2.31. The minimum Gasteiger partial charge on any atom is -0.378 e. The van der Waals surface area contributed by atoms with E-state index >= 15 is 4.39 Å². The first-order valence-electron chi connectivity index (χ1n) is 13.9. The van der Waals surface area contributed by atoms with Crippen molar-refractivity contribution >= 4 is 28.4 Å². The summed E-state index contributed by atoms with van der Waals surface area (Å²) in [5.74, 6) is 2.64. The summed E-state index contributed by atoms with van der Waals surface area (Å²) < 4.78 is 75.2. The second-order valence-corrected chi connectivity index (χ2v) is 11.2. The number of rotatable bonds is 6. The first-order chi connectivity index (χ1) is 21.2. The molecule has 2 heterocycles. The Morgan fingerprint density at radius 3 is 2.13 bits per heavy atom. The van der Waals surface area contributed by atoms with Gasteiger partial charge >= 0.3 is 6.18 Å². The van der Waals surface area contributed by atoms with Crippen LogP contribution in [0, 0.1) is 11.6 Å². The second kappa shape index (κ2) is 12.1. The molecule has 0 bridgehead atoms. The SMILES string of the molecule is CC(C)(C(=O)N(N)C(=O)c1cn(Cc2ccc(C(F)(F)F)cc2)c2cc(N3CCOCC3)c(F)cc2c1=O)c1ccc(F)cc1. The van der Waals surface area contributed by atoms with Crippen molar-refractivity contribution in [2.24, 2.45) is 5.84 Å². The molecule has 2 N–H and O–H groups in total. The van der Waals surface area contributed by atoms with E-state index in [4.69, 9.17) is 10.6 Å². The average Bonchev–Trinajstić information content (AvgIpc) is 3.01. The van der Waals surface area contributed by atoms with Gasteiger partial charge in [-0.2, -0.15) is 13.2 Å². The summed E-state index contributed by atoms with van der Waals surface area (Å²) in [7, 11) is 0. The number of aromatic nitrogens is 1. The fraction of sp³-hybridized carbons (Fsp3) is 0.281. The Labute approximate surface area is 254 Å². The Bertz CT molecular complexity index is 1810. The molecule has 0 aliphatic carbocycles. The number of nitrogens with two attached hydrogens (primary N) is 1. The minimum absolute atomic E-state index is 0.108. The number of benzene rings is 3. The zero-order valence-electron chi connectivity index (χ0n) is 24.3.